The molecule has 0 spiro atoms. The van der Waals surface area contributed by atoms with Gasteiger partial charge in [-0.05, 0) is 162 Å². The third-order valence-corrected chi connectivity index (χ3v) is 28.5. The fourth-order valence-electron chi connectivity index (χ4n) is 16.8. The summed E-state index contributed by atoms with van der Waals surface area (Å²) >= 11 is 0. The van der Waals surface area contributed by atoms with Gasteiger partial charge in [0.2, 0.25) is 49.5 Å². The van der Waals surface area contributed by atoms with Crippen LogP contribution < -0.4 is 34.1 Å². The molecule has 2 saturated heterocycles. The molecule has 4 bridgehead atoms. The van der Waals surface area contributed by atoms with Crippen molar-refractivity contribution in [1.29, 1.82) is 0 Å². The van der Waals surface area contributed by atoms with E-state index < -0.39 is 161 Å². The average molecular weight is 1670 g/mol. The number of esters is 2. The lowest BCUT2D eigenvalue weighted by atomic mass is 9.77. The number of carbonyl (C=O) groups excluding carboxylic acids is 7. The van der Waals surface area contributed by atoms with Crippen molar-refractivity contribution in [2.45, 2.75) is 263 Å². The maximum absolute atomic E-state index is 14.8. The van der Waals surface area contributed by atoms with Crippen molar-refractivity contribution in [3.05, 3.63) is 47.8 Å². The number of aromatic nitrogens is 4. The minimum absolute atomic E-state index is 0. The number of carbonyl (C=O) groups is 8. The van der Waals surface area contributed by atoms with E-state index in [1.807, 2.05) is 77.5 Å². The lowest BCUT2D eigenvalue weighted by Crippen LogP contribution is -2.50. The van der Waals surface area contributed by atoms with Gasteiger partial charge in [-0.25, -0.2) is 41.6 Å². The van der Waals surface area contributed by atoms with E-state index in [9.17, 15) is 69.1 Å². The number of rotatable bonds is 16. The molecule has 0 unspecified atom stereocenters. The highest BCUT2D eigenvalue weighted by Crippen LogP contribution is 2.59. The van der Waals surface area contributed by atoms with E-state index >= 15 is 0 Å². The van der Waals surface area contributed by atoms with Crippen molar-refractivity contribution >= 4 is 102 Å². The number of carboxylic acids is 1. The highest BCUT2D eigenvalue weighted by molar-refractivity contribution is 7.91. The molecule has 14 rings (SSSR count). The second-order valence-corrected chi connectivity index (χ2v) is 39.3. The normalized spacial score (nSPS) is 30.4. The Kier molecular flexibility index (Phi) is 27.9. The standard InChI is InChI=1S/C41H55FN4O9S.C31H41N3O7.C9H15FN2O3S.CH4.ClH/c1-23-34-22-46(36(23)32(47)21-41(20-25(41)15-16-42)39(50)45-56(51,52)27-12-13-27)38(49)28(40(2,3)4)19-35(48)54-33-17-24(33)9-7-6-8-10-30-37(55-34)44-31-18-26(53-5)11-14-29(31)43-30;1-17-25-16-34(27(17)30(37)38)29(36)20(31(2,3)4)15-26(35)40-24-13-18(24)9-7-6-8-10-22-28(41-25)33-23-14-19(39-5)11-12-21(23)32-22;10-4-3-6-5-9(6,11)8(13)12-16(14,15)7-1-2-7;;/h11,14,18,23-25,27-28,33-34,36H,6-10,12-13,15-17,19-22H2,1-5H3,(H,45,50);11-12,14,17-18,20,24-25,27H,6-10,13,15-16H2,1-5H3,(H,37,38);6-7H,1-5,11H2,(H,12,13);1H4;1H/t23-,24-,25-,28-,33-,34+,36+,41-;17-,18-,20-,24-,25+,27+;6-,9-;;/m111../s1. The molecule has 10 aliphatic rings. The summed E-state index contributed by atoms with van der Waals surface area (Å²) in [6, 6.07) is 8.76. The molecule has 0 radical (unpaired) electrons. The van der Waals surface area contributed by atoms with Crippen LogP contribution in [0.25, 0.3) is 22.1 Å². The number of hydrogen-bond acceptors (Lipinski definition) is 23. The largest absolute Gasteiger partial charge is 0.497 e. The van der Waals surface area contributed by atoms with Gasteiger partial charge < -0.3 is 49.1 Å². The molecule has 636 valence electrons. The van der Waals surface area contributed by atoms with Crippen LogP contribution in [-0.2, 0) is 80.7 Å². The first-order valence-electron chi connectivity index (χ1n) is 40.2. The molecule has 8 fully saturated rings. The highest BCUT2D eigenvalue weighted by Gasteiger charge is 2.64. The van der Waals surface area contributed by atoms with E-state index in [4.69, 9.17) is 54.1 Å². The first-order valence-corrected chi connectivity index (χ1v) is 43.3. The van der Waals surface area contributed by atoms with Gasteiger partial charge in [0.05, 0.1) is 115 Å². The number of amides is 4. The summed E-state index contributed by atoms with van der Waals surface area (Å²) in [6.07, 6.45) is 11.0. The molecule has 4 aromatic rings. The van der Waals surface area contributed by atoms with Gasteiger partial charge in [0, 0.05) is 30.4 Å². The number of carboxylic acid groups (broad SMARTS) is 1. The number of fused-ring (bicyclic) bond motifs is 10. The summed E-state index contributed by atoms with van der Waals surface area (Å²) in [5.41, 5.74) is 5.79. The topological polar surface area (TPSA) is 389 Å². The number of nitrogens with one attached hydrogen (secondary N) is 2. The first-order chi connectivity index (χ1) is 53.4. The first kappa shape index (κ1) is 89.6. The van der Waals surface area contributed by atoms with Crippen LogP contribution in [0.5, 0.6) is 23.3 Å². The monoisotopic (exact) mass is 1670 g/mol. The molecule has 2 aromatic heterocycles. The Labute approximate surface area is 679 Å². The molecule has 33 heteroatoms. The van der Waals surface area contributed by atoms with E-state index in [1.165, 1.54) is 9.80 Å². The molecule has 6 aliphatic carbocycles. The second kappa shape index (κ2) is 35.9. The third kappa shape index (κ3) is 20.9. The number of aryl methyl sites for hydroxylation is 2. The number of alkyl halides is 2. The van der Waals surface area contributed by atoms with E-state index in [2.05, 4.69) is 4.72 Å². The van der Waals surface area contributed by atoms with Crippen LogP contribution >= 0.6 is 12.4 Å². The van der Waals surface area contributed by atoms with Gasteiger partial charge in [-0.2, -0.15) is 0 Å². The predicted octanol–water partition coefficient (Wildman–Crippen LogP) is 10.4. The average Bonchev–Trinajstić information content (AvgIpc) is 1.58. The van der Waals surface area contributed by atoms with Crippen LogP contribution in [0.2, 0.25) is 0 Å². The minimum atomic E-state index is -3.93. The van der Waals surface area contributed by atoms with Gasteiger partial charge in [-0.1, -0.05) is 88.5 Å². The predicted molar refractivity (Wildman–Crippen MR) is 424 cm³/mol. The quantitative estimate of drug-likeness (QED) is 0.0757. The summed E-state index contributed by atoms with van der Waals surface area (Å²) in [4.78, 5) is 130. The fourth-order valence-corrected chi connectivity index (χ4v) is 19.6. The van der Waals surface area contributed by atoms with Crippen LogP contribution in [0.4, 0.5) is 8.78 Å². The molecule has 6 heterocycles. The molecule has 5 N–H and O–H groups in total. The van der Waals surface area contributed by atoms with Crippen LogP contribution in [0.15, 0.2) is 36.4 Å². The Hall–Kier alpha value is -7.71. The number of benzene rings is 2. The molecule has 28 nitrogen and oxygen atoms in total. The van der Waals surface area contributed by atoms with Gasteiger partial charge in [0.15, 0.2) is 5.78 Å². The maximum Gasteiger partial charge on any atom is 0.326 e. The van der Waals surface area contributed by atoms with Gasteiger partial charge in [0.25, 0.3) is 5.91 Å². The van der Waals surface area contributed by atoms with Crippen LogP contribution in [0, 0.1) is 63.6 Å². The molecular weight excluding hydrogens is 1550 g/mol. The number of methoxy groups -OCH3 is 2. The zero-order chi connectivity index (χ0) is 81.6. The second-order valence-electron chi connectivity index (χ2n) is 35.3. The van der Waals surface area contributed by atoms with Crippen molar-refractivity contribution in [2.24, 2.45) is 69.3 Å². The fraction of sp³-hybridized carbons (Fsp3) is 0.707. The van der Waals surface area contributed by atoms with E-state index in [0.29, 0.717) is 96.4 Å². The molecule has 4 aliphatic heterocycles. The van der Waals surface area contributed by atoms with Crippen molar-refractivity contribution in [3.8, 4) is 23.3 Å². The van der Waals surface area contributed by atoms with E-state index in [1.54, 1.807) is 33.3 Å². The van der Waals surface area contributed by atoms with E-state index in [-0.39, 0.29) is 101 Å². The number of ether oxygens (including phenoxy) is 6. The van der Waals surface area contributed by atoms with Crippen molar-refractivity contribution in [2.75, 3.05) is 40.7 Å². The number of nitrogens with zero attached hydrogens (tertiary/aromatic N) is 6. The summed E-state index contributed by atoms with van der Waals surface area (Å²) in [5.74, 6) is -5.61. The van der Waals surface area contributed by atoms with Crippen molar-refractivity contribution in [3.63, 3.8) is 0 Å². The molecule has 2 aromatic carbocycles. The van der Waals surface area contributed by atoms with Gasteiger partial charge in [-0.15, -0.1) is 12.4 Å². The zero-order valence-corrected chi connectivity index (χ0v) is 69.3. The van der Waals surface area contributed by atoms with Gasteiger partial charge in [-0.3, -0.25) is 51.8 Å². The third-order valence-electron chi connectivity index (χ3n) is 24.8. The number of nitrogens with two attached hydrogens (primary N) is 1. The van der Waals surface area contributed by atoms with Crippen molar-refractivity contribution < 1.29 is 97.5 Å². The number of hydrogen-bond donors (Lipinski definition) is 4. The van der Waals surface area contributed by atoms with Crippen molar-refractivity contribution in [1.82, 2.24) is 39.2 Å². The summed E-state index contributed by atoms with van der Waals surface area (Å²) < 4.78 is 114. The Morgan fingerprint density at radius 1 is 0.583 bits per heavy atom. The number of Topliss-reactive ketones (excluding diaryl/α,β-unsaturated/α-hetero) is 1. The Bertz CT molecular complexity index is 4530. The number of sulfonamides is 2. The zero-order valence-electron chi connectivity index (χ0n) is 66.8. The van der Waals surface area contributed by atoms with Crippen LogP contribution in [-0.4, -0.2) is 192 Å². The molecule has 6 saturated carbocycles. The number of halogens is 3. The lowest BCUT2D eigenvalue weighted by molar-refractivity contribution is -0.157. The maximum atomic E-state index is 14.8. The Balaban J connectivity index is 0.000000206. The van der Waals surface area contributed by atoms with Gasteiger partial charge >= 0.3 is 17.9 Å². The molecule has 4 amide bonds. The number of ketones is 1. The SMILES string of the molecule is C.COc1ccc2nc3c(nc2c1)O[C@H]1CN(C(=O)[C@H](C(C)(C)C)CC(=O)O[C@@H]2C[C@H]2CCCCC3)[C@H](C(=O)C[C@]2(C(=O)NS(=O)(=O)C3CC3)C[C@H]2CCF)[C@@H]1C.COc1ccc2nc3c(nc2c1)O[C@H]1CN(C(=O)[C@H](C(C)(C)C)CC(=O)O[C@@H]2C[C@H]2CCCCC3)[C@H](C(=O)O)[C@@H]1C.Cl.N[C@]1(C(=O)NS(=O)(=O)C2CC2)C[C@H]1CCF. The Morgan fingerprint density at radius 3 is 1.43 bits per heavy atom. The van der Waals surface area contributed by atoms with Crippen LogP contribution in [0.3, 0.4) is 0 Å². The molecule has 115 heavy (non-hydrogen) atoms. The summed E-state index contributed by atoms with van der Waals surface area (Å²) in [6.45, 7) is 13.7. The molecule has 16 atom stereocenters. The highest BCUT2D eigenvalue weighted by atomic mass is 35.5. The number of aliphatic carboxylic acids is 1. The summed E-state index contributed by atoms with van der Waals surface area (Å²) in [5, 5.41) is 9.10. The minimum Gasteiger partial charge on any atom is -0.497 e. The smallest absolute Gasteiger partial charge is 0.326 e. The Morgan fingerprint density at radius 2 is 1.01 bits per heavy atom. The van der Waals surface area contributed by atoms with Crippen LogP contribution in [0.1, 0.15) is 209 Å². The lowest BCUT2D eigenvalue weighted by Gasteiger charge is -2.35. The van der Waals surface area contributed by atoms with Gasteiger partial charge in [0.1, 0.15) is 53.3 Å². The van der Waals surface area contributed by atoms with E-state index in [0.717, 1.165) is 75.4 Å². The molecular formula is C82H116ClF2N9O19S2. The summed E-state index contributed by atoms with van der Waals surface area (Å²) in [7, 11) is -4.31.